The lowest BCUT2D eigenvalue weighted by molar-refractivity contribution is -0.160. The van der Waals surface area contributed by atoms with Crippen molar-refractivity contribution < 1.29 is 27.9 Å². The molecule has 0 spiro atoms. The van der Waals surface area contributed by atoms with E-state index in [1.165, 1.54) is 16.3 Å². The number of nitrogens with zero attached hydrogens (tertiary/aromatic N) is 2. The van der Waals surface area contributed by atoms with Crippen LogP contribution in [-0.4, -0.2) is 79.8 Å². The van der Waals surface area contributed by atoms with Gasteiger partial charge in [0.15, 0.2) is 0 Å². The van der Waals surface area contributed by atoms with E-state index in [0.717, 1.165) is 0 Å². The largest absolute Gasteiger partial charge is 0.481 e. The van der Waals surface area contributed by atoms with Crippen molar-refractivity contribution in [2.75, 3.05) is 39.1 Å². The third kappa shape index (κ3) is 3.98. The second-order valence-electron chi connectivity index (χ2n) is 7.35. The van der Waals surface area contributed by atoms with E-state index in [-0.39, 0.29) is 30.7 Å². The molecule has 144 valence electrons. The number of likely N-dealkylation sites (tertiary alicyclic amines) is 1. The molecular formula is C16H28N2O6S. The zero-order valence-electron chi connectivity index (χ0n) is 15.1. The maximum absolute atomic E-state index is 13.1. The predicted octanol–water partition coefficient (Wildman–Crippen LogP) is 0.386. The molecule has 9 heteroatoms. The van der Waals surface area contributed by atoms with Gasteiger partial charge in [-0.15, -0.1) is 0 Å². The van der Waals surface area contributed by atoms with E-state index in [9.17, 15) is 23.1 Å². The molecule has 25 heavy (non-hydrogen) atoms. The minimum atomic E-state index is -3.43. The van der Waals surface area contributed by atoms with Crippen LogP contribution in [0.25, 0.3) is 0 Å². The second kappa shape index (κ2) is 7.59. The van der Waals surface area contributed by atoms with Crippen molar-refractivity contribution in [3.8, 4) is 0 Å². The summed E-state index contributed by atoms with van der Waals surface area (Å²) in [6.07, 6.45) is 1.51. The number of piperidine rings is 1. The van der Waals surface area contributed by atoms with Gasteiger partial charge in [-0.05, 0) is 25.2 Å². The maximum Gasteiger partial charge on any atom is 0.313 e. The summed E-state index contributed by atoms with van der Waals surface area (Å²) in [5.74, 6) is -1.42. The van der Waals surface area contributed by atoms with E-state index in [0.29, 0.717) is 32.4 Å². The molecule has 0 aromatic carbocycles. The summed E-state index contributed by atoms with van der Waals surface area (Å²) in [6.45, 7) is 4.49. The lowest BCUT2D eigenvalue weighted by Gasteiger charge is -2.42. The smallest absolute Gasteiger partial charge is 0.313 e. The number of ether oxygens (including phenoxy) is 1. The summed E-state index contributed by atoms with van der Waals surface area (Å²) in [6, 6.07) is -0.778. The normalized spacial score (nSPS) is 28.2. The van der Waals surface area contributed by atoms with E-state index in [1.54, 1.807) is 0 Å². The second-order valence-corrected chi connectivity index (χ2v) is 9.39. The van der Waals surface area contributed by atoms with Crippen molar-refractivity contribution in [1.29, 1.82) is 0 Å². The number of aliphatic carboxylic acids is 1. The zero-order chi connectivity index (χ0) is 18.8. The van der Waals surface area contributed by atoms with Gasteiger partial charge in [-0.3, -0.25) is 9.59 Å². The number of hydrogen-bond donors (Lipinski definition) is 1. The molecule has 0 aromatic rings. The zero-order valence-corrected chi connectivity index (χ0v) is 15.9. The molecule has 2 rings (SSSR count). The van der Waals surface area contributed by atoms with Gasteiger partial charge in [0, 0.05) is 26.7 Å². The van der Waals surface area contributed by atoms with Crippen molar-refractivity contribution in [2.24, 2.45) is 11.3 Å². The van der Waals surface area contributed by atoms with Crippen molar-refractivity contribution in [2.45, 2.75) is 39.2 Å². The predicted molar refractivity (Wildman–Crippen MR) is 91.5 cm³/mol. The van der Waals surface area contributed by atoms with Crippen LogP contribution >= 0.6 is 0 Å². The van der Waals surface area contributed by atoms with E-state index in [4.69, 9.17) is 4.74 Å². The van der Waals surface area contributed by atoms with Gasteiger partial charge >= 0.3 is 5.97 Å². The highest BCUT2D eigenvalue weighted by Crippen LogP contribution is 2.33. The number of carbonyl (C=O) groups is 2. The summed E-state index contributed by atoms with van der Waals surface area (Å²) < 4.78 is 30.9. The highest BCUT2D eigenvalue weighted by molar-refractivity contribution is 7.89. The van der Waals surface area contributed by atoms with E-state index in [1.807, 2.05) is 13.8 Å². The molecule has 0 radical (unpaired) electrons. The fourth-order valence-electron chi connectivity index (χ4n) is 3.85. The van der Waals surface area contributed by atoms with E-state index >= 15 is 0 Å². The minimum absolute atomic E-state index is 0.0282. The molecule has 0 bridgehead atoms. The molecule has 2 heterocycles. The first-order valence-corrected chi connectivity index (χ1v) is 10.3. The molecule has 2 aliphatic rings. The monoisotopic (exact) mass is 376 g/mol. The van der Waals surface area contributed by atoms with Crippen LogP contribution in [0.1, 0.15) is 33.1 Å². The van der Waals surface area contributed by atoms with Crippen LogP contribution in [-0.2, 0) is 24.3 Å². The van der Waals surface area contributed by atoms with Crippen LogP contribution in [0.2, 0.25) is 0 Å². The van der Waals surface area contributed by atoms with Gasteiger partial charge < -0.3 is 14.7 Å². The maximum atomic E-state index is 13.1. The van der Waals surface area contributed by atoms with Crippen LogP contribution in [0.3, 0.4) is 0 Å². The SMILES string of the molecule is COCC1(C(=O)O)CCCN(C(=O)C(C(C)C)N2CCCS2(=O)=O)C1. The fourth-order valence-corrected chi connectivity index (χ4v) is 5.66. The van der Waals surface area contributed by atoms with Crippen LogP contribution in [0.15, 0.2) is 0 Å². The Morgan fingerprint density at radius 2 is 1.92 bits per heavy atom. The number of rotatable bonds is 6. The number of carbonyl (C=O) groups excluding carboxylic acids is 1. The summed E-state index contributed by atoms with van der Waals surface area (Å²) in [5, 5.41) is 9.64. The first-order valence-electron chi connectivity index (χ1n) is 8.65. The first kappa shape index (κ1) is 20.1. The van der Waals surface area contributed by atoms with Gasteiger partial charge in [-0.2, -0.15) is 4.31 Å². The lowest BCUT2D eigenvalue weighted by atomic mass is 9.80. The quantitative estimate of drug-likeness (QED) is 0.719. The van der Waals surface area contributed by atoms with Crippen molar-refractivity contribution in [3.63, 3.8) is 0 Å². The van der Waals surface area contributed by atoms with Gasteiger partial charge in [-0.25, -0.2) is 8.42 Å². The lowest BCUT2D eigenvalue weighted by Crippen LogP contribution is -2.58. The third-order valence-corrected chi connectivity index (χ3v) is 7.02. The number of sulfonamides is 1. The van der Waals surface area contributed by atoms with Crippen molar-refractivity contribution in [3.05, 3.63) is 0 Å². The highest BCUT2D eigenvalue weighted by atomic mass is 32.2. The fraction of sp³-hybridized carbons (Fsp3) is 0.875. The number of carboxylic acid groups (broad SMARTS) is 1. The number of hydrogen-bond acceptors (Lipinski definition) is 5. The Morgan fingerprint density at radius 1 is 1.24 bits per heavy atom. The Morgan fingerprint density at radius 3 is 2.40 bits per heavy atom. The van der Waals surface area contributed by atoms with Gasteiger partial charge in [-0.1, -0.05) is 13.8 Å². The molecule has 1 amide bonds. The molecule has 0 aromatic heterocycles. The Balaban J connectivity index is 2.26. The summed E-state index contributed by atoms with van der Waals surface area (Å²) in [4.78, 5) is 26.4. The van der Waals surface area contributed by atoms with E-state index < -0.39 is 27.4 Å². The molecule has 1 N–H and O–H groups in total. The van der Waals surface area contributed by atoms with Crippen molar-refractivity contribution >= 4 is 21.9 Å². The molecule has 0 aliphatic carbocycles. The standard InChI is InChI=1S/C16H28N2O6S/c1-12(2)13(18-8-5-9-25(18,22)23)14(19)17-7-4-6-16(10-17,11-24-3)15(20)21/h12-13H,4-11H2,1-3H3,(H,20,21). The number of carboxylic acids is 1. The Bertz CT molecular complexity index is 616. The molecule has 2 saturated heterocycles. The molecule has 2 unspecified atom stereocenters. The third-order valence-electron chi connectivity index (χ3n) is 5.10. The minimum Gasteiger partial charge on any atom is -0.481 e. The van der Waals surface area contributed by atoms with Gasteiger partial charge in [0.1, 0.15) is 11.5 Å². The van der Waals surface area contributed by atoms with Gasteiger partial charge in [0.05, 0.1) is 12.4 Å². The Labute approximate surface area is 149 Å². The highest BCUT2D eigenvalue weighted by Gasteiger charge is 2.47. The summed E-state index contributed by atoms with van der Waals surface area (Å²) in [5.41, 5.74) is -1.13. The average molecular weight is 376 g/mol. The molecule has 2 aliphatic heterocycles. The average Bonchev–Trinajstić information content (AvgIpc) is 2.87. The Kier molecular flexibility index (Phi) is 6.11. The van der Waals surface area contributed by atoms with E-state index in [2.05, 4.69) is 0 Å². The molecule has 8 nitrogen and oxygen atoms in total. The Hall–Kier alpha value is -1.19. The first-order chi connectivity index (χ1) is 11.6. The molecule has 2 atom stereocenters. The summed E-state index contributed by atoms with van der Waals surface area (Å²) >= 11 is 0. The number of amides is 1. The molecule has 0 saturated carbocycles. The van der Waals surface area contributed by atoms with Crippen LogP contribution < -0.4 is 0 Å². The van der Waals surface area contributed by atoms with Gasteiger partial charge in [0.2, 0.25) is 15.9 Å². The number of methoxy groups -OCH3 is 1. The van der Waals surface area contributed by atoms with Crippen LogP contribution in [0, 0.1) is 11.3 Å². The molecular weight excluding hydrogens is 348 g/mol. The topological polar surface area (TPSA) is 104 Å². The van der Waals surface area contributed by atoms with Gasteiger partial charge in [0.25, 0.3) is 0 Å². The van der Waals surface area contributed by atoms with Crippen molar-refractivity contribution in [1.82, 2.24) is 9.21 Å². The summed E-state index contributed by atoms with van der Waals surface area (Å²) in [7, 11) is -1.98. The molecule has 2 fully saturated rings. The van der Waals surface area contributed by atoms with Crippen LogP contribution in [0.4, 0.5) is 0 Å². The van der Waals surface area contributed by atoms with Crippen LogP contribution in [0.5, 0.6) is 0 Å².